The normalized spacial score (nSPS) is 11.4. The second kappa shape index (κ2) is 7.73. The number of methoxy groups -OCH3 is 2. The van der Waals surface area contributed by atoms with Gasteiger partial charge in [0, 0.05) is 0 Å². The lowest BCUT2D eigenvalue weighted by Gasteiger charge is -2.05. The number of carbonyl (C=O) groups is 3. The summed E-state index contributed by atoms with van der Waals surface area (Å²) in [6.07, 6.45) is 0. The van der Waals surface area contributed by atoms with Gasteiger partial charge in [-0.3, -0.25) is 9.59 Å². The Morgan fingerprint density at radius 1 is 1.21 bits per heavy atom. The molecule has 2 rings (SSSR count). The Morgan fingerprint density at radius 2 is 1.96 bits per heavy atom. The van der Waals surface area contributed by atoms with Gasteiger partial charge in [0.1, 0.15) is 12.3 Å². The number of carbonyl (C=O) groups excluding carboxylic acids is 3. The predicted molar refractivity (Wildman–Crippen MR) is 85.6 cm³/mol. The molecule has 0 fully saturated rings. The van der Waals surface area contributed by atoms with Crippen molar-refractivity contribution in [3.05, 3.63) is 23.0 Å². The van der Waals surface area contributed by atoms with Gasteiger partial charge in [0.2, 0.25) is 0 Å². The molecular formula is C15H16N2O6S. The van der Waals surface area contributed by atoms with Gasteiger partial charge in [-0.1, -0.05) is 11.3 Å². The summed E-state index contributed by atoms with van der Waals surface area (Å²) in [5, 5.41) is 0. The summed E-state index contributed by atoms with van der Waals surface area (Å²) in [6, 6.07) is 5.28. The first kappa shape index (κ1) is 17.7. The third kappa shape index (κ3) is 3.80. The number of nitrogens with zero attached hydrogens (tertiary/aromatic N) is 2. The van der Waals surface area contributed by atoms with E-state index < -0.39 is 17.8 Å². The second-order valence-electron chi connectivity index (χ2n) is 4.52. The van der Waals surface area contributed by atoms with Crippen molar-refractivity contribution >= 4 is 39.4 Å². The average molecular weight is 352 g/mol. The van der Waals surface area contributed by atoms with Gasteiger partial charge in [0.25, 0.3) is 0 Å². The maximum absolute atomic E-state index is 11.7. The highest BCUT2D eigenvalue weighted by atomic mass is 32.1. The summed E-state index contributed by atoms with van der Waals surface area (Å²) in [4.78, 5) is 38.6. The number of aromatic nitrogens is 1. The quantitative estimate of drug-likeness (QED) is 0.598. The van der Waals surface area contributed by atoms with Gasteiger partial charge in [-0.05, 0) is 25.1 Å². The highest BCUT2D eigenvalue weighted by molar-refractivity contribution is 7.16. The summed E-state index contributed by atoms with van der Waals surface area (Å²) in [5.41, 5.74) is 0.672. The van der Waals surface area contributed by atoms with Crippen molar-refractivity contribution < 1.29 is 28.6 Å². The van der Waals surface area contributed by atoms with Gasteiger partial charge < -0.3 is 18.8 Å². The van der Waals surface area contributed by atoms with Crippen molar-refractivity contribution in [3.8, 4) is 5.75 Å². The summed E-state index contributed by atoms with van der Waals surface area (Å²) in [5.74, 6) is -1.97. The molecule has 0 saturated carbocycles. The summed E-state index contributed by atoms with van der Waals surface area (Å²) < 4.78 is 16.7. The molecule has 1 aromatic carbocycles. The number of hydrogen-bond donors (Lipinski definition) is 0. The van der Waals surface area contributed by atoms with Gasteiger partial charge in [-0.2, -0.15) is 4.99 Å². The van der Waals surface area contributed by atoms with Gasteiger partial charge in [-0.25, -0.2) is 4.79 Å². The van der Waals surface area contributed by atoms with Crippen LogP contribution in [0.15, 0.2) is 23.2 Å². The van der Waals surface area contributed by atoms with E-state index in [9.17, 15) is 14.4 Å². The fraction of sp³-hybridized carbons (Fsp3) is 0.333. The van der Waals surface area contributed by atoms with E-state index >= 15 is 0 Å². The number of thiazole rings is 1. The predicted octanol–water partition coefficient (Wildman–Crippen LogP) is 0.875. The molecule has 128 valence electrons. The molecule has 9 heteroatoms. The van der Waals surface area contributed by atoms with Crippen molar-refractivity contribution in [3.63, 3.8) is 0 Å². The third-order valence-electron chi connectivity index (χ3n) is 3.04. The molecule has 0 aliphatic carbocycles. The van der Waals surface area contributed by atoms with Crippen LogP contribution in [0.3, 0.4) is 0 Å². The van der Waals surface area contributed by atoms with E-state index in [1.807, 2.05) is 6.92 Å². The Kier molecular flexibility index (Phi) is 5.69. The maximum Gasteiger partial charge on any atom is 0.399 e. The van der Waals surface area contributed by atoms with Crippen molar-refractivity contribution in [2.45, 2.75) is 13.5 Å². The van der Waals surface area contributed by atoms with Crippen molar-refractivity contribution in [2.75, 3.05) is 20.8 Å². The average Bonchev–Trinajstić information content (AvgIpc) is 2.90. The maximum atomic E-state index is 11.7. The van der Waals surface area contributed by atoms with Crippen LogP contribution >= 0.6 is 11.3 Å². The van der Waals surface area contributed by atoms with E-state index in [-0.39, 0.29) is 11.3 Å². The fourth-order valence-electron chi connectivity index (χ4n) is 1.96. The number of benzene rings is 1. The minimum absolute atomic E-state index is 0.141. The molecule has 0 atom stereocenters. The summed E-state index contributed by atoms with van der Waals surface area (Å²) in [6.45, 7) is 2.24. The zero-order valence-electron chi connectivity index (χ0n) is 13.4. The lowest BCUT2D eigenvalue weighted by Crippen LogP contribution is -2.24. The highest BCUT2D eigenvalue weighted by Gasteiger charge is 2.16. The van der Waals surface area contributed by atoms with Crippen LogP contribution in [0.5, 0.6) is 5.75 Å². The molecule has 0 unspecified atom stereocenters. The van der Waals surface area contributed by atoms with Crippen LogP contribution in [0.2, 0.25) is 0 Å². The van der Waals surface area contributed by atoms with E-state index in [0.29, 0.717) is 17.9 Å². The Bertz CT molecular complexity index is 851. The van der Waals surface area contributed by atoms with E-state index in [1.54, 1.807) is 18.2 Å². The van der Waals surface area contributed by atoms with Gasteiger partial charge >= 0.3 is 17.8 Å². The molecular weight excluding hydrogens is 336 g/mol. The van der Waals surface area contributed by atoms with Gasteiger partial charge in [0.15, 0.2) is 4.80 Å². The largest absolute Gasteiger partial charge is 0.494 e. The number of rotatable bonds is 4. The highest BCUT2D eigenvalue weighted by Crippen LogP contribution is 2.23. The smallest absolute Gasteiger partial charge is 0.399 e. The summed E-state index contributed by atoms with van der Waals surface area (Å²) in [7, 11) is 2.36. The fourth-order valence-corrected chi connectivity index (χ4v) is 3.02. The van der Waals surface area contributed by atoms with Crippen molar-refractivity contribution in [1.29, 1.82) is 0 Å². The van der Waals surface area contributed by atoms with Crippen LogP contribution in [0.1, 0.15) is 6.92 Å². The monoisotopic (exact) mass is 352 g/mol. The number of ether oxygens (including phenoxy) is 3. The molecule has 0 radical (unpaired) electrons. The van der Waals surface area contributed by atoms with E-state index in [4.69, 9.17) is 4.74 Å². The minimum atomic E-state index is -1.08. The van der Waals surface area contributed by atoms with Crippen LogP contribution < -0.4 is 9.54 Å². The number of hydrogen-bond acceptors (Lipinski definition) is 7. The topological polar surface area (TPSA) is 96.2 Å². The van der Waals surface area contributed by atoms with Crippen molar-refractivity contribution in [1.82, 2.24) is 4.57 Å². The number of fused-ring (bicyclic) bond motifs is 1. The Morgan fingerprint density at radius 3 is 2.58 bits per heavy atom. The van der Waals surface area contributed by atoms with Gasteiger partial charge in [0.05, 0.1) is 31.0 Å². The van der Waals surface area contributed by atoms with Crippen LogP contribution in [-0.2, 0) is 30.4 Å². The molecule has 1 aromatic heterocycles. The Labute approximate surface area is 141 Å². The van der Waals surface area contributed by atoms with E-state index in [2.05, 4.69) is 14.5 Å². The van der Waals surface area contributed by atoms with E-state index in [1.165, 1.54) is 11.7 Å². The molecule has 0 aliphatic heterocycles. The molecule has 0 spiro atoms. The molecule has 2 aromatic rings. The lowest BCUT2D eigenvalue weighted by atomic mass is 10.3. The van der Waals surface area contributed by atoms with Crippen LogP contribution in [0.4, 0.5) is 0 Å². The zero-order chi connectivity index (χ0) is 17.7. The molecule has 24 heavy (non-hydrogen) atoms. The molecule has 1 heterocycles. The first-order chi connectivity index (χ1) is 11.5. The molecule has 8 nitrogen and oxygen atoms in total. The molecule has 0 N–H and O–H groups in total. The van der Waals surface area contributed by atoms with Crippen LogP contribution in [0.25, 0.3) is 10.2 Å². The standard InChI is InChI=1S/C15H16N2O6S/c1-4-23-9-5-6-10-11(7-9)24-15(16-13(19)14(20)22-3)17(10)8-12(18)21-2/h5-7H,4,8H2,1-3H3. The second-order valence-corrected chi connectivity index (χ2v) is 5.53. The molecule has 0 saturated heterocycles. The van der Waals surface area contributed by atoms with Crippen LogP contribution in [-0.4, -0.2) is 43.2 Å². The zero-order valence-corrected chi connectivity index (χ0v) is 14.2. The van der Waals surface area contributed by atoms with Gasteiger partial charge in [-0.15, -0.1) is 0 Å². The molecule has 0 aliphatic rings. The Hall–Kier alpha value is -2.68. The number of amides is 1. The van der Waals surface area contributed by atoms with E-state index in [0.717, 1.165) is 23.1 Å². The summed E-state index contributed by atoms with van der Waals surface area (Å²) >= 11 is 1.15. The van der Waals surface area contributed by atoms with Crippen molar-refractivity contribution in [2.24, 2.45) is 4.99 Å². The first-order valence-corrected chi connectivity index (χ1v) is 7.81. The Balaban J connectivity index is 2.60. The van der Waals surface area contributed by atoms with Crippen LogP contribution in [0, 0.1) is 0 Å². The number of esters is 2. The lowest BCUT2D eigenvalue weighted by molar-refractivity contribution is -0.151. The molecule has 0 bridgehead atoms. The minimum Gasteiger partial charge on any atom is -0.494 e. The molecule has 1 amide bonds. The SMILES string of the molecule is CCOc1ccc2c(c1)sc(=NC(=O)C(=O)OC)n2CC(=O)OC. The first-order valence-electron chi connectivity index (χ1n) is 7.00. The third-order valence-corrected chi connectivity index (χ3v) is 4.08.